The monoisotopic (exact) mass is 522 g/mol. The zero-order valence-electron chi connectivity index (χ0n) is 21.6. The third-order valence-corrected chi connectivity index (χ3v) is 7.23. The van der Waals surface area contributed by atoms with Crippen molar-refractivity contribution in [3.8, 4) is 17.2 Å². The number of nitrogens with one attached hydrogen (secondary N) is 2. The average molecular weight is 523 g/mol. The zero-order chi connectivity index (χ0) is 26.6. The summed E-state index contributed by atoms with van der Waals surface area (Å²) in [4.78, 5) is 27.7. The Morgan fingerprint density at radius 2 is 1.82 bits per heavy atom. The number of carbonyl (C=O) groups is 2. The van der Waals surface area contributed by atoms with Crippen LogP contribution in [0.4, 0.5) is 0 Å². The number of amides is 2. The standard InChI is InChI=1S/C31H30N4O4/c36-29-12-7-21-5-8-25(9-6-21)39-27-10-11-28-22(17-27)13-15-35(31(37)24-19-33-34-20-24)30(28)23-3-1-4-26(18-23)38-16-2-14-32-29/h1,3-6,8-11,17-20,30H,2,7,12-16H2,(H,32,36)(H,33,34). The number of aromatic amines is 1. The summed E-state index contributed by atoms with van der Waals surface area (Å²) in [6.07, 6.45) is 5.71. The van der Waals surface area contributed by atoms with Gasteiger partial charge in [-0.05, 0) is 77.9 Å². The Labute approximate surface area is 226 Å². The molecule has 8 nitrogen and oxygen atoms in total. The second kappa shape index (κ2) is 11.0. The van der Waals surface area contributed by atoms with Crippen molar-refractivity contribution >= 4 is 11.8 Å². The molecule has 4 aliphatic heterocycles. The number of carbonyl (C=O) groups excluding carboxylic acids is 2. The zero-order valence-corrected chi connectivity index (χ0v) is 21.6. The summed E-state index contributed by atoms with van der Waals surface area (Å²) < 4.78 is 12.2. The van der Waals surface area contributed by atoms with Gasteiger partial charge in [-0.15, -0.1) is 0 Å². The van der Waals surface area contributed by atoms with Gasteiger partial charge in [0.1, 0.15) is 17.2 Å². The van der Waals surface area contributed by atoms with E-state index in [1.165, 1.54) is 0 Å². The number of hydrogen-bond acceptors (Lipinski definition) is 5. The molecule has 0 saturated heterocycles. The lowest BCUT2D eigenvalue weighted by Crippen LogP contribution is -2.40. The molecule has 2 amide bonds. The number of ether oxygens (including phenoxy) is 2. The summed E-state index contributed by atoms with van der Waals surface area (Å²) in [5, 5.41) is 9.70. The first-order valence-corrected chi connectivity index (χ1v) is 13.3. The first-order chi connectivity index (χ1) is 19.1. The van der Waals surface area contributed by atoms with Gasteiger partial charge in [0.25, 0.3) is 5.91 Å². The molecule has 4 aromatic rings. The van der Waals surface area contributed by atoms with Crippen LogP contribution in [0.3, 0.4) is 0 Å². The maximum absolute atomic E-state index is 13.6. The maximum atomic E-state index is 13.6. The lowest BCUT2D eigenvalue weighted by atomic mass is 9.87. The topological polar surface area (TPSA) is 96.5 Å². The molecule has 1 unspecified atom stereocenters. The molecule has 1 aromatic heterocycles. The summed E-state index contributed by atoms with van der Waals surface area (Å²) in [6.45, 7) is 1.59. The molecule has 5 heterocycles. The van der Waals surface area contributed by atoms with Crippen LogP contribution in [0.15, 0.2) is 79.1 Å². The number of rotatable bonds is 1. The lowest BCUT2D eigenvalue weighted by molar-refractivity contribution is -0.121. The van der Waals surface area contributed by atoms with Gasteiger partial charge in [0, 0.05) is 25.7 Å². The van der Waals surface area contributed by atoms with Crippen LogP contribution in [0.1, 0.15) is 51.5 Å². The van der Waals surface area contributed by atoms with Gasteiger partial charge in [0.05, 0.1) is 24.4 Å². The molecule has 0 spiro atoms. The van der Waals surface area contributed by atoms with E-state index in [0.717, 1.165) is 39.5 Å². The van der Waals surface area contributed by atoms with Crippen molar-refractivity contribution in [1.29, 1.82) is 0 Å². The lowest BCUT2D eigenvalue weighted by Gasteiger charge is -2.38. The van der Waals surface area contributed by atoms with Gasteiger partial charge < -0.3 is 19.7 Å². The highest BCUT2D eigenvalue weighted by Gasteiger charge is 2.33. The minimum absolute atomic E-state index is 0.0270. The van der Waals surface area contributed by atoms with E-state index in [-0.39, 0.29) is 17.9 Å². The third kappa shape index (κ3) is 5.50. The molecular weight excluding hydrogens is 492 g/mol. The number of nitrogens with zero attached hydrogens (tertiary/aromatic N) is 2. The molecule has 2 N–H and O–H groups in total. The van der Waals surface area contributed by atoms with Crippen LogP contribution in [0.5, 0.6) is 17.2 Å². The molecule has 3 aromatic carbocycles. The minimum atomic E-state index is -0.290. The van der Waals surface area contributed by atoms with Gasteiger partial charge in [-0.3, -0.25) is 14.7 Å². The molecule has 4 aliphatic rings. The normalized spacial score (nSPS) is 17.5. The van der Waals surface area contributed by atoms with Crippen LogP contribution in [-0.4, -0.2) is 46.6 Å². The van der Waals surface area contributed by atoms with E-state index >= 15 is 0 Å². The van der Waals surface area contributed by atoms with E-state index in [4.69, 9.17) is 9.47 Å². The summed E-state index contributed by atoms with van der Waals surface area (Å²) in [5.74, 6) is 2.17. The minimum Gasteiger partial charge on any atom is -0.494 e. The fourth-order valence-electron chi connectivity index (χ4n) is 5.25. The highest BCUT2D eigenvalue weighted by atomic mass is 16.5. The van der Waals surface area contributed by atoms with E-state index in [9.17, 15) is 9.59 Å². The number of benzene rings is 3. The third-order valence-electron chi connectivity index (χ3n) is 7.23. The molecule has 198 valence electrons. The average Bonchev–Trinajstić information content (AvgIpc) is 3.51. The predicted molar refractivity (Wildman–Crippen MR) is 146 cm³/mol. The van der Waals surface area contributed by atoms with Crippen LogP contribution in [-0.2, 0) is 17.6 Å². The summed E-state index contributed by atoms with van der Waals surface area (Å²) in [6, 6.07) is 21.6. The smallest absolute Gasteiger partial charge is 0.257 e. The summed E-state index contributed by atoms with van der Waals surface area (Å²) in [5.41, 5.74) is 4.78. The van der Waals surface area contributed by atoms with Crippen LogP contribution < -0.4 is 14.8 Å². The van der Waals surface area contributed by atoms with E-state index in [1.807, 2.05) is 59.5 Å². The summed E-state index contributed by atoms with van der Waals surface area (Å²) in [7, 11) is 0. The van der Waals surface area contributed by atoms with Crippen molar-refractivity contribution in [2.75, 3.05) is 19.7 Å². The van der Waals surface area contributed by atoms with Crippen molar-refractivity contribution in [1.82, 2.24) is 20.4 Å². The Morgan fingerprint density at radius 1 is 0.949 bits per heavy atom. The van der Waals surface area contributed by atoms with Crippen molar-refractivity contribution in [2.24, 2.45) is 0 Å². The fraction of sp³-hybridized carbons (Fsp3) is 0.258. The molecule has 1 atom stereocenters. The number of aryl methyl sites for hydroxylation is 1. The van der Waals surface area contributed by atoms with Crippen LogP contribution in [0, 0.1) is 0 Å². The SMILES string of the molecule is O=C1CCc2ccc(cc2)Oc2ccc3c(c2)CCN(C(=O)c2cn[nH]c2)C3c2cccc(c2)OCCCN1. The second-order valence-corrected chi connectivity index (χ2v) is 9.87. The van der Waals surface area contributed by atoms with Crippen LogP contribution >= 0.6 is 0 Å². The Morgan fingerprint density at radius 3 is 2.67 bits per heavy atom. The van der Waals surface area contributed by atoms with Gasteiger partial charge in [0.15, 0.2) is 0 Å². The van der Waals surface area contributed by atoms with Crippen molar-refractivity contribution in [2.45, 2.75) is 31.7 Å². The molecule has 8 bridgehead atoms. The highest BCUT2D eigenvalue weighted by Crippen LogP contribution is 2.39. The van der Waals surface area contributed by atoms with Gasteiger partial charge in [0.2, 0.25) is 5.91 Å². The second-order valence-electron chi connectivity index (χ2n) is 9.87. The fourth-order valence-corrected chi connectivity index (χ4v) is 5.25. The Hall–Kier alpha value is -4.59. The molecular formula is C31H30N4O4. The van der Waals surface area contributed by atoms with E-state index in [2.05, 4.69) is 27.6 Å². The number of fused-ring (bicyclic) bond motifs is 1. The van der Waals surface area contributed by atoms with Gasteiger partial charge in [-0.1, -0.05) is 30.3 Å². The van der Waals surface area contributed by atoms with Crippen molar-refractivity contribution in [3.05, 3.63) is 107 Å². The number of aromatic nitrogens is 2. The molecule has 8 heteroatoms. The van der Waals surface area contributed by atoms with E-state index in [1.54, 1.807) is 12.4 Å². The molecule has 8 rings (SSSR count). The molecule has 0 fully saturated rings. The molecule has 0 aliphatic carbocycles. The van der Waals surface area contributed by atoms with E-state index < -0.39 is 0 Å². The number of hydrogen-bond donors (Lipinski definition) is 2. The number of H-pyrrole nitrogens is 1. The van der Waals surface area contributed by atoms with Gasteiger partial charge >= 0.3 is 0 Å². The Bertz CT molecular complexity index is 1470. The first kappa shape index (κ1) is 24.7. The Balaban J connectivity index is 1.37. The van der Waals surface area contributed by atoms with Crippen molar-refractivity contribution in [3.63, 3.8) is 0 Å². The van der Waals surface area contributed by atoms with E-state index in [0.29, 0.717) is 50.9 Å². The summed E-state index contributed by atoms with van der Waals surface area (Å²) >= 11 is 0. The van der Waals surface area contributed by atoms with Crippen LogP contribution in [0.2, 0.25) is 0 Å². The largest absolute Gasteiger partial charge is 0.494 e. The Kier molecular flexibility index (Phi) is 6.99. The van der Waals surface area contributed by atoms with Gasteiger partial charge in [-0.2, -0.15) is 5.10 Å². The predicted octanol–water partition coefficient (Wildman–Crippen LogP) is 4.82. The van der Waals surface area contributed by atoms with Crippen LogP contribution in [0.25, 0.3) is 0 Å². The molecule has 0 radical (unpaired) electrons. The first-order valence-electron chi connectivity index (χ1n) is 13.3. The maximum Gasteiger partial charge on any atom is 0.257 e. The highest BCUT2D eigenvalue weighted by molar-refractivity contribution is 5.94. The van der Waals surface area contributed by atoms with Gasteiger partial charge in [-0.25, -0.2) is 0 Å². The molecule has 0 saturated carbocycles. The quantitative estimate of drug-likeness (QED) is 0.374. The van der Waals surface area contributed by atoms with Crippen molar-refractivity contribution < 1.29 is 19.1 Å². The molecule has 39 heavy (non-hydrogen) atoms.